The first-order chi connectivity index (χ1) is 20.0. The lowest BCUT2D eigenvalue weighted by molar-refractivity contribution is 0.101. The van der Waals surface area contributed by atoms with Crippen LogP contribution in [-0.4, -0.2) is 30.4 Å². The standard InChI is InChI=1S/C31H37N5O5S/c1-6-9-12-23(7-2)20-35-30(38)26(19-32)21(4)29(31(35)39)34-33-27-13-10-11-14-28(27)42(40,41)36(8-3)25-17-15-24(16-18-25)22(5)37/h10-11,13-18,23,38H,6-9,12,20H2,1-5H3. The highest BCUT2D eigenvalue weighted by atomic mass is 32.2. The van der Waals surface area contributed by atoms with Gasteiger partial charge < -0.3 is 5.11 Å². The summed E-state index contributed by atoms with van der Waals surface area (Å²) in [5, 5.41) is 28.9. The molecule has 1 unspecified atom stereocenters. The van der Waals surface area contributed by atoms with Crippen LogP contribution in [0.2, 0.25) is 0 Å². The SMILES string of the molecule is CCCCC(CC)Cn1c(O)c(C#N)c(C)c(N=Nc2ccccc2S(=O)(=O)N(CC)c2ccc(C(C)=O)cc2)c1=O. The number of unbranched alkanes of at least 4 members (excludes halogenated alkanes) is 1. The minimum absolute atomic E-state index is 0.00243. The van der Waals surface area contributed by atoms with Gasteiger partial charge in [-0.05, 0) is 69.5 Å². The molecule has 0 saturated carbocycles. The number of pyridine rings is 1. The Morgan fingerprint density at radius 2 is 1.76 bits per heavy atom. The van der Waals surface area contributed by atoms with Crippen LogP contribution in [-0.2, 0) is 16.6 Å². The Labute approximate surface area is 247 Å². The van der Waals surface area contributed by atoms with Gasteiger partial charge in [-0.3, -0.25) is 18.5 Å². The maximum Gasteiger partial charge on any atom is 0.281 e. The van der Waals surface area contributed by atoms with E-state index >= 15 is 0 Å². The predicted octanol–water partition coefficient (Wildman–Crippen LogP) is 6.78. The molecule has 11 heteroatoms. The highest BCUT2D eigenvalue weighted by Crippen LogP contribution is 2.33. The topological polar surface area (TPSA) is 145 Å². The first-order valence-electron chi connectivity index (χ1n) is 14.0. The molecule has 0 aliphatic rings. The molecule has 0 aliphatic carbocycles. The third-order valence-corrected chi connectivity index (χ3v) is 9.24. The van der Waals surface area contributed by atoms with Crippen LogP contribution in [0.1, 0.15) is 74.9 Å². The fourth-order valence-corrected chi connectivity index (χ4v) is 6.34. The van der Waals surface area contributed by atoms with E-state index in [1.54, 1.807) is 43.3 Å². The molecule has 0 saturated heterocycles. The number of anilines is 1. The molecule has 0 aliphatic heterocycles. The Hall–Kier alpha value is -4.30. The van der Waals surface area contributed by atoms with Crippen LogP contribution < -0.4 is 9.86 Å². The Kier molecular flexibility index (Phi) is 10.8. The van der Waals surface area contributed by atoms with Crippen molar-refractivity contribution in [3.63, 3.8) is 0 Å². The summed E-state index contributed by atoms with van der Waals surface area (Å²) in [5.74, 6) is -0.429. The molecule has 222 valence electrons. The number of azo groups is 1. The molecule has 1 N–H and O–H groups in total. The molecule has 10 nitrogen and oxygen atoms in total. The molecule has 2 aromatic carbocycles. The van der Waals surface area contributed by atoms with Crippen molar-refractivity contribution in [1.82, 2.24) is 4.57 Å². The van der Waals surface area contributed by atoms with E-state index in [4.69, 9.17) is 0 Å². The third kappa shape index (κ3) is 6.77. The van der Waals surface area contributed by atoms with E-state index in [9.17, 15) is 28.4 Å². The maximum absolute atomic E-state index is 13.8. The Morgan fingerprint density at radius 3 is 2.33 bits per heavy atom. The number of carbonyl (C=O) groups excluding carboxylic acids is 1. The molecule has 0 bridgehead atoms. The monoisotopic (exact) mass is 591 g/mol. The lowest BCUT2D eigenvalue weighted by atomic mass is 9.99. The molecule has 0 fully saturated rings. The van der Waals surface area contributed by atoms with E-state index in [2.05, 4.69) is 17.2 Å². The van der Waals surface area contributed by atoms with Gasteiger partial charge in [0, 0.05) is 24.2 Å². The van der Waals surface area contributed by atoms with Crippen molar-refractivity contribution >= 4 is 32.9 Å². The Morgan fingerprint density at radius 1 is 1.10 bits per heavy atom. The highest BCUT2D eigenvalue weighted by Gasteiger charge is 2.27. The van der Waals surface area contributed by atoms with Crippen molar-refractivity contribution < 1.29 is 18.3 Å². The van der Waals surface area contributed by atoms with Crippen LogP contribution in [0, 0.1) is 24.2 Å². The zero-order valence-electron chi connectivity index (χ0n) is 24.7. The lowest BCUT2D eigenvalue weighted by Crippen LogP contribution is -2.30. The number of aromatic nitrogens is 1. The summed E-state index contributed by atoms with van der Waals surface area (Å²) in [6.45, 7) is 9.04. The number of carbonyl (C=O) groups is 1. The summed E-state index contributed by atoms with van der Waals surface area (Å²) in [4.78, 5) is 25.1. The van der Waals surface area contributed by atoms with E-state index in [0.29, 0.717) is 11.3 Å². The molecule has 0 amide bonds. The van der Waals surface area contributed by atoms with Crippen LogP contribution in [0.4, 0.5) is 17.1 Å². The van der Waals surface area contributed by atoms with Crippen LogP contribution >= 0.6 is 0 Å². The molecule has 0 spiro atoms. The molecule has 3 rings (SSSR count). The molecule has 3 aromatic rings. The van der Waals surface area contributed by atoms with E-state index in [0.717, 1.165) is 30.3 Å². The quantitative estimate of drug-likeness (QED) is 0.171. The number of ketones is 1. The second-order valence-electron chi connectivity index (χ2n) is 10.1. The summed E-state index contributed by atoms with van der Waals surface area (Å²) < 4.78 is 30.0. The number of sulfonamides is 1. The summed E-state index contributed by atoms with van der Waals surface area (Å²) >= 11 is 0. The van der Waals surface area contributed by atoms with Gasteiger partial charge in [-0.15, -0.1) is 10.2 Å². The van der Waals surface area contributed by atoms with Crippen molar-refractivity contribution in [2.45, 2.75) is 71.7 Å². The molecule has 1 heterocycles. The van der Waals surface area contributed by atoms with Crippen molar-refractivity contribution in [3.05, 3.63) is 75.6 Å². The normalized spacial score (nSPS) is 12.3. The van der Waals surface area contributed by atoms with E-state index in [-0.39, 0.29) is 52.2 Å². The van der Waals surface area contributed by atoms with Crippen molar-refractivity contribution in [2.75, 3.05) is 10.8 Å². The number of hydrogen-bond donors (Lipinski definition) is 1. The molecule has 1 atom stereocenters. The summed E-state index contributed by atoms with van der Waals surface area (Å²) in [6.07, 6.45) is 3.62. The van der Waals surface area contributed by atoms with E-state index < -0.39 is 21.5 Å². The van der Waals surface area contributed by atoms with Gasteiger partial charge in [0.05, 0.1) is 5.69 Å². The number of nitrogens with zero attached hydrogens (tertiary/aromatic N) is 5. The van der Waals surface area contributed by atoms with Crippen LogP contribution in [0.3, 0.4) is 0 Å². The van der Waals surface area contributed by atoms with Gasteiger partial charge in [0.2, 0.25) is 5.88 Å². The average Bonchev–Trinajstić information content (AvgIpc) is 2.97. The lowest BCUT2D eigenvalue weighted by Gasteiger charge is -2.23. The highest BCUT2D eigenvalue weighted by molar-refractivity contribution is 7.93. The van der Waals surface area contributed by atoms with Gasteiger partial charge in [0.25, 0.3) is 15.6 Å². The number of Topliss-reactive ketones (excluding diaryl/α,β-unsaturated/α-hetero) is 1. The molecule has 42 heavy (non-hydrogen) atoms. The van der Waals surface area contributed by atoms with Crippen LogP contribution in [0.25, 0.3) is 0 Å². The van der Waals surface area contributed by atoms with E-state index in [1.165, 1.54) is 30.3 Å². The first kappa shape index (κ1) is 32.2. The van der Waals surface area contributed by atoms with Crippen molar-refractivity contribution in [3.8, 4) is 11.9 Å². The van der Waals surface area contributed by atoms with Crippen molar-refractivity contribution in [1.29, 1.82) is 5.26 Å². The zero-order valence-corrected chi connectivity index (χ0v) is 25.5. The minimum atomic E-state index is -4.13. The van der Waals surface area contributed by atoms with Gasteiger partial charge in [0.15, 0.2) is 11.5 Å². The molecular formula is C31H37N5O5S. The van der Waals surface area contributed by atoms with Crippen LogP contribution in [0.15, 0.2) is 68.4 Å². The van der Waals surface area contributed by atoms with Gasteiger partial charge in [0.1, 0.15) is 22.2 Å². The number of hydrogen-bond acceptors (Lipinski definition) is 8. The van der Waals surface area contributed by atoms with Crippen LogP contribution in [0.5, 0.6) is 5.88 Å². The predicted molar refractivity (Wildman–Crippen MR) is 162 cm³/mol. The smallest absolute Gasteiger partial charge is 0.281 e. The number of aromatic hydroxyl groups is 1. The summed E-state index contributed by atoms with van der Waals surface area (Å²) in [5.41, 5.74) is 0.159. The van der Waals surface area contributed by atoms with E-state index in [1.807, 2.05) is 13.0 Å². The number of rotatable bonds is 13. The van der Waals surface area contributed by atoms with Gasteiger partial charge in [-0.1, -0.05) is 45.2 Å². The fourth-order valence-electron chi connectivity index (χ4n) is 4.74. The van der Waals surface area contributed by atoms with Gasteiger partial charge >= 0.3 is 0 Å². The zero-order chi connectivity index (χ0) is 31.0. The Balaban J connectivity index is 2.09. The minimum Gasteiger partial charge on any atom is -0.493 e. The summed E-state index contributed by atoms with van der Waals surface area (Å²) in [7, 11) is -4.13. The second kappa shape index (κ2) is 14.0. The number of benzene rings is 2. The second-order valence-corrected chi connectivity index (χ2v) is 11.9. The van der Waals surface area contributed by atoms with Gasteiger partial charge in [-0.2, -0.15) is 5.26 Å². The fraction of sp³-hybridized carbons (Fsp3) is 0.387. The largest absolute Gasteiger partial charge is 0.493 e. The molecular weight excluding hydrogens is 554 g/mol. The summed E-state index contributed by atoms with van der Waals surface area (Å²) in [6, 6.07) is 14.3. The number of nitriles is 1. The maximum atomic E-state index is 13.8. The average molecular weight is 592 g/mol. The van der Waals surface area contributed by atoms with Gasteiger partial charge in [-0.25, -0.2) is 8.42 Å². The Bertz CT molecular complexity index is 1670. The molecule has 0 radical (unpaired) electrons. The molecule has 1 aromatic heterocycles. The third-order valence-electron chi connectivity index (χ3n) is 7.29. The van der Waals surface area contributed by atoms with Crippen molar-refractivity contribution in [2.24, 2.45) is 16.1 Å². The first-order valence-corrected chi connectivity index (χ1v) is 15.5.